The largest absolute Gasteiger partial charge is 0.506 e. The fourth-order valence-electron chi connectivity index (χ4n) is 1.65. The second-order valence-corrected chi connectivity index (χ2v) is 3.64. The number of nitrogens with zero attached hydrogens (tertiary/aromatic N) is 1. The molecule has 1 N–H and O–H groups in total. The van der Waals surface area contributed by atoms with Crippen molar-refractivity contribution in [2.24, 2.45) is 5.92 Å². The van der Waals surface area contributed by atoms with Crippen LogP contribution in [-0.2, 0) is 9.53 Å². The van der Waals surface area contributed by atoms with Crippen molar-refractivity contribution in [1.29, 1.82) is 0 Å². The van der Waals surface area contributed by atoms with E-state index in [-0.39, 0.29) is 23.6 Å². The number of hydrogen-bond donors (Lipinski definition) is 1. The zero-order valence-corrected chi connectivity index (χ0v) is 8.51. The minimum atomic E-state index is -0.141. The first-order valence-electron chi connectivity index (χ1n) is 5.04. The normalized spacial score (nSPS) is 23.5. The van der Waals surface area contributed by atoms with Gasteiger partial charge in [-0.25, -0.2) is 0 Å². The van der Waals surface area contributed by atoms with Gasteiger partial charge in [0.05, 0.1) is 18.7 Å². The molecule has 0 saturated heterocycles. The zero-order chi connectivity index (χ0) is 10.8. The van der Waals surface area contributed by atoms with Gasteiger partial charge in [-0.05, 0) is 25.5 Å². The number of carbonyl (C=O) groups is 1. The lowest BCUT2D eigenvalue weighted by Gasteiger charge is -2.00. The van der Waals surface area contributed by atoms with Crippen LogP contribution >= 0.6 is 0 Å². The van der Waals surface area contributed by atoms with Crippen LogP contribution in [0.25, 0.3) is 0 Å². The topological polar surface area (TPSA) is 59.4 Å². The van der Waals surface area contributed by atoms with Gasteiger partial charge in [-0.1, -0.05) is 0 Å². The molecule has 1 aromatic heterocycles. The molecule has 0 bridgehead atoms. The van der Waals surface area contributed by atoms with E-state index in [2.05, 4.69) is 4.98 Å². The third-order valence-electron chi connectivity index (χ3n) is 2.53. The highest BCUT2D eigenvalue weighted by molar-refractivity contribution is 5.77. The summed E-state index contributed by atoms with van der Waals surface area (Å²) < 4.78 is 4.93. The summed E-state index contributed by atoms with van der Waals surface area (Å²) in [7, 11) is 0. The molecule has 1 saturated carbocycles. The Labute approximate surface area is 87.9 Å². The summed E-state index contributed by atoms with van der Waals surface area (Å²) in [6.07, 6.45) is 2.20. The minimum absolute atomic E-state index is 0.0398. The molecule has 0 aromatic carbocycles. The van der Waals surface area contributed by atoms with E-state index < -0.39 is 0 Å². The molecule has 1 fully saturated rings. The number of carbonyl (C=O) groups excluding carboxylic acids is 1. The van der Waals surface area contributed by atoms with Crippen LogP contribution in [0.3, 0.4) is 0 Å². The van der Waals surface area contributed by atoms with Gasteiger partial charge < -0.3 is 9.84 Å². The molecule has 1 aliphatic carbocycles. The fourth-order valence-corrected chi connectivity index (χ4v) is 1.65. The minimum Gasteiger partial charge on any atom is -0.506 e. The van der Waals surface area contributed by atoms with Gasteiger partial charge in [0.25, 0.3) is 0 Å². The summed E-state index contributed by atoms with van der Waals surface area (Å²) in [5, 5.41) is 9.06. The molecule has 4 heteroatoms. The molecule has 1 aliphatic rings. The van der Waals surface area contributed by atoms with Gasteiger partial charge in [-0.2, -0.15) is 0 Å². The molecule has 15 heavy (non-hydrogen) atoms. The second kappa shape index (κ2) is 3.88. The average molecular weight is 207 g/mol. The van der Waals surface area contributed by atoms with Gasteiger partial charge >= 0.3 is 5.97 Å². The molecule has 2 atom stereocenters. The van der Waals surface area contributed by atoms with E-state index in [9.17, 15) is 4.79 Å². The van der Waals surface area contributed by atoms with Crippen molar-refractivity contribution in [3.05, 3.63) is 24.0 Å². The molecule has 0 unspecified atom stereocenters. The quantitative estimate of drug-likeness (QED) is 0.762. The maximum atomic E-state index is 11.4. The lowest BCUT2D eigenvalue weighted by atomic mass is 10.2. The number of aromatic hydroxyl groups is 1. The predicted molar refractivity (Wildman–Crippen MR) is 53.4 cm³/mol. The molecular formula is C11H13NO3. The molecule has 1 aromatic rings. The maximum absolute atomic E-state index is 11.4. The van der Waals surface area contributed by atoms with Crippen molar-refractivity contribution < 1.29 is 14.6 Å². The first-order valence-corrected chi connectivity index (χ1v) is 5.04. The number of ether oxygens (including phenoxy) is 1. The van der Waals surface area contributed by atoms with E-state index in [1.807, 2.05) is 0 Å². The molecule has 0 spiro atoms. The monoisotopic (exact) mass is 207 g/mol. The van der Waals surface area contributed by atoms with Gasteiger partial charge in [-0.15, -0.1) is 0 Å². The van der Waals surface area contributed by atoms with Crippen molar-refractivity contribution in [1.82, 2.24) is 4.98 Å². The van der Waals surface area contributed by atoms with Crippen molar-refractivity contribution in [2.45, 2.75) is 19.3 Å². The van der Waals surface area contributed by atoms with E-state index in [1.54, 1.807) is 19.1 Å². The lowest BCUT2D eigenvalue weighted by molar-refractivity contribution is -0.144. The Hall–Kier alpha value is -1.58. The zero-order valence-electron chi connectivity index (χ0n) is 8.51. The summed E-state index contributed by atoms with van der Waals surface area (Å²) in [5.41, 5.74) is 0.853. The molecule has 0 radical (unpaired) electrons. The second-order valence-electron chi connectivity index (χ2n) is 3.64. The van der Waals surface area contributed by atoms with Crippen LogP contribution in [0.1, 0.15) is 25.0 Å². The van der Waals surface area contributed by atoms with E-state index >= 15 is 0 Å². The van der Waals surface area contributed by atoms with E-state index in [0.717, 1.165) is 12.1 Å². The smallest absolute Gasteiger partial charge is 0.309 e. The molecule has 1 heterocycles. The van der Waals surface area contributed by atoms with Crippen LogP contribution in [0, 0.1) is 5.92 Å². The lowest BCUT2D eigenvalue weighted by Crippen LogP contribution is -2.07. The third-order valence-corrected chi connectivity index (χ3v) is 2.53. The summed E-state index contributed by atoms with van der Waals surface area (Å²) >= 11 is 0. The average Bonchev–Trinajstić information content (AvgIpc) is 2.99. The highest BCUT2D eigenvalue weighted by Gasteiger charge is 2.46. The van der Waals surface area contributed by atoms with Gasteiger partial charge in [0.2, 0.25) is 0 Å². The van der Waals surface area contributed by atoms with Crippen LogP contribution in [0.5, 0.6) is 5.75 Å². The Balaban J connectivity index is 1.98. The summed E-state index contributed by atoms with van der Waals surface area (Å²) in [4.78, 5) is 15.4. The first-order chi connectivity index (χ1) is 7.22. The van der Waals surface area contributed by atoms with Gasteiger partial charge in [-0.3, -0.25) is 9.78 Å². The maximum Gasteiger partial charge on any atom is 0.309 e. The van der Waals surface area contributed by atoms with Crippen LogP contribution in [0.2, 0.25) is 0 Å². The van der Waals surface area contributed by atoms with Gasteiger partial charge in [0.15, 0.2) is 0 Å². The number of rotatable bonds is 3. The summed E-state index contributed by atoms with van der Waals surface area (Å²) in [6, 6.07) is 3.34. The molecule has 4 nitrogen and oxygen atoms in total. The predicted octanol–water partition coefficient (Wildman–Crippen LogP) is 1.45. The Morgan fingerprint density at radius 1 is 1.67 bits per heavy atom. The van der Waals surface area contributed by atoms with E-state index in [4.69, 9.17) is 9.84 Å². The van der Waals surface area contributed by atoms with Crippen molar-refractivity contribution in [3.63, 3.8) is 0 Å². The number of pyridine rings is 1. The summed E-state index contributed by atoms with van der Waals surface area (Å²) in [5.74, 6) is 0.135. The molecule has 0 aliphatic heterocycles. The van der Waals surface area contributed by atoms with Crippen LogP contribution < -0.4 is 0 Å². The Morgan fingerprint density at radius 2 is 2.47 bits per heavy atom. The van der Waals surface area contributed by atoms with Gasteiger partial charge in [0, 0.05) is 11.6 Å². The van der Waals surface area contributed by atoms with Crippen molar-refractivity contribution in [2.75, 3.05) is 6.61 Å². The molecule has 2 rings (SSSR count). The van der Waals surface area contributed by atoms with Crippen molar-refractivity contribution >= 4 is 5.97 Å². The third kappa shape index (κ3) is 2.09. The molecule has 0 amide bonds. The number of esters is 1. The van der Waals surface area contributed by atoms with Gasteiger partial charge in [0.1, 0.15) is 5.75 Å². The highest BCUT2D eigenvalue weighted by atomic mass is 16.5. The SMILES string of the molecule is CCOC(=O)[C@H]1C[C@@H]1c1ccc(O)cn1. The van der Waals surface area contributed by atoms with E-state index in [1.165, 1.54) is 6.20 Å². The summed E-state index contributed by atoms with van der Waals surface area (Å²) in [6.45, 7) is 2.22. The highest BCUT2D eigenvalue weighted by Crippen LogP contribution is 2.47. The van der Waals surface area contributed by atoms with Crippen LogP contribution in [0.4, 0.5) is 0 Å². The number of aromatic nitrogens is 1. The Kier molecular flexibility index (Phi) is 2.58. The fraction of sp³-hybridized carbons (Fsp3) is 0.455. The number of hydrogen-bond acceptors (Lipinski definition) is 4. The Bertz CT molecular complexity index is 361. The molecular weight excluding hydrogens is 194 g/mol. The molecule has 80 valence electrons. The first kappa shape index (κ1) is 9.96. The van der Waals surface area contributed by atoms with Crippen LogP contribution in [-0.4, -0.2) is 22.7 Å². The van der Waals surface area contributed by atoms with Crippen molar-refractivity contribution in [3.8, 4) is 5.75 Å². The Morgan fingerprint density at radius 3 is 3.07 bits per heavy atom. The standard InChI is InChI=1S/C11H13NO3/c1-2-15-11(14)9-5-8(9)10-4-3-7(13)6-12-10/h3-4,6,8-9,13H,2,5H2,1H3/t8-,9-/m0/s1. The van der Waals surface area contributed by atoms with E-state index in [0.29, 0.717) is 6.61 Å². The van der Waals surface area contributed by atoms with Crippen LogP contribution in [0.15, 0.2) is 18.3 Å².